The summed E-state index contributed by atoms with van der Waals surface area (Å²) in [4.78, 5) is 5.32. The molecule has 300 valence electrons. The number of benzene rings is 7. The van der Waals surface area contributed by atoms with Gasteiger partial charge in [-0.3, -0.25) is 0 Å². The summed E-state index contributed by atoms with van der Waals surface area (Å²) < 4.78 is 7.66. The Bertz CT molecular complexity index is 3190. The summed E-state index contributed by atoms with van der Waals surface area (Å²) in [6.07, 6.45) is 2.30. The standard InChI is InChI=1S/C56H53BN2OSi/c1-54(2,3)36-26-27-43(39(31-36)34-18-11-10-12-19-34)58-45-30-35-20-13-14-21-37(35)49-38-22-17-25-48-51(38)59(44-23-15-16-24-47(44)61(48,8)9)57(50(45)49)53-52(58)40-32-41-42(33-46(40)60-53)56(6,7)29-28-55(41,4)5/h10-27,30-33H,28-29H2,1-9H3. The van der Waals surface area contributed by atoms with Crippen molar-refractivity contribution >= 4 is 86.6 Å². The first kappa shape index (κ1) is 37.0. The molecular weight excluding hydrogens is 756 g/mol. The van der Waals surface area contributed by atoms with E-state index in [9.17, 15) is 0 Å². The number of fused-ring (bicyclic) bond motifs is 11. The zero-order valence-corrected chi connectivity index (χ0v) is 38.0. The fourth-order valence-corrected chi connectivity index (χ4v) is 14.7. The SMILES string of the molecule is CC(C)(C)c1ccc(N2c3cc4ccccc4c4c3B(c3oc5cc6c(cc5c32)C(C)(C)CCC6(C)C)N2c3ccccc3[Si](C)(C)c3cccc-4c32)c(-c2ccccc2)c1. The third kappa shape index (κ3) is 4.99. The first-order valence-corrected chi connectivity index (χ1v) is 25.3. The van der Waals surface area contributed by atoms with E-state index in [-0.39, 0.29) is 23.1 Å². The fraction of sp³-hybridized carbons (Fsp3) is 0.250. The van der Waals surface area contributed by atoms with Gasteiger partial charge in [0.15, 0.2) is 0 Å². The van der Waals surface area contributed by atoms with Crippen LogP contribution in [0.1, 0.15) is 78.0 Å². The number of nitrogens with zero attached hydrogens (tertiary/aromatic N) is 2. The summed E-state index contributed by atoms with van der Waals surface area (Å²) in [6, 6.07) is 51.2. The monoisotopic (exact) mass is 808 g/mol. The van der Waals surface area contributed by atoms with Crippen molar-refractivity contribution in [2.45, 2.75) is 90.6 Å². The molecule has 4 aliphatic rings. The van der Waals surface area contributed by atoms with Crippen molar-refractivity contribution in [2.24, 2.45) is 0 Å². The summed E-state index contributed by atoms with van der Waals surface area (Å²) in [7, 11) is -2.10. The van der Waals surface area contributed by atoms with E-state index >= 15 is 0 Å². The lowest BCUT2D eigenvalue weighted by Gasteiger charge is -2.50. The molecule has 0 saturated heterocycles. The normalized spacial score (nSPS) is 17.4. The van der Waals surface area contributed by atoms with Crippen LogP contribution in [0.3, 0.4) is 0 Å². The molecule has 61 heavy (non-hydrogen) atoms. The van der Waals surface area contributed by atoms with E-state index in [2.05, 4.69) is 205 Å². The predicted molar refractivity (Wildman–Crippen MR) is 264 cm³/mol. The highest BCUT2D eigenvalue weighted by atomic mass is 28.3. The number of rotatable bonds is 2. The smallest absolute Gasteiger partial charge is 0.375 e. The molecule has 0 spiro atoms. The minimum atomic E-state index is -2.10. The van der Waals surface area contributed by atoms with Crippen LogP contribution in [-0.4, -0.2) is 14.9 Å². The Balaban J connectivity index is 1.28. The molecule has 0 amide bonds. The average Bonchev–Trinajstić information content (AvgIpc) is 3.62. The zero-order valence-electron chi connectivity index (χ0n) is 37.0. The van der Waals surface area contributed by atoms with Crippen LogP contribution >= 0.6 is 0 Å². The number of para-hydroxylation sites is 2. The van der Waals surface area contributed by atoms with Crippen LogP contribution in [0.5, 0.6) is 0 Å². The second kappa shape index (κ2) is 12.2. The van der Waals surface area contributed by atoms with Gasteiger partial charge in [-0.05, 0) is 120 Å². The van der Waals surface area contributed by atoms with Gasteiger partial charge in [0, 0.05) is 33.6 Å². The lowest BCUT2D eigenvalue weighted by atomic mass is 9.45. The van der Waals surface area contributed by atoms with E-state index in [0.717, 1.165) is 29.8 Å². The lowest BCUT2D eigenvalue weighted by Crippen LogP contribution is -2.68. The van der Waals surface area contributed by atoms with Crippen molar-refractivity contribution in [3.63, 3.8) is 0 Å². The summed E-state index contributed by atoms with van der Waals surface area (Å²) in [5.74, 6) is 0. The lowest BCUT2D eigenvalue weighted by molar-refractivity contribution is 0.332. The first-order valence-electron chi connectivity index (χ1n) is 22.3. The number of anilines is 5. The maximum Gasteiger partial charge on any atom is 0.375 e. The van der Waals surface area contributed by atoms with E-state index in [0.29, 0.717) is 0 Å². The van der Waals surface area contributed by atoms with Crippen molar-refractivity contribution in [1.29, 1.82) is 0 Å². The molecule has 0 unspecified atom stereocenters. The average molecular weight is 809 g/mol. The van der Waals surface area contributed by atoms with Crippen LogP contribution < -0.4 is 31.2 Å². The van der Waals surface area contributed by atoms with Gasteiger partial charge in [0.05, 0.1) is 11.4 Å². The largest absolute Gasteiger partial charge is 0.466 e. The molecule has 4 heterocycles. The van der Waals surface area contributed by atoms with Gasteiger partial charge in [0.25, 0.3) is 0 Å². The Labute approximate surface area is 362 Å². The third-order valence-corrected chi connectivity index (χ3v) is 18.7. The first-order chi connectivity index (χ1) is 29.1. The minimum absolute atomic E-state index is 0.0255. The van der Waals surface area contributed by atoms with Gasteiger partial charge in [-0.1, -0.05) is 159 Å². The Morgan fingerprint density at radius 3 is 2.07 bits per heavy atom. The molecule has 0 fully saturated rings. The molecule has 0 atom stereocenters. The molecule has 3 aliphatic heterocycles. The topological polar surface area (TPSA) is 19.6 Å². The van der Waals surface area contributed by atoms with E-state index < -0.39 is 8.07 Å². The van der Waals surface area contributed by atoms with Crippen LogP contribution in [0.4, 0.5) is 28.4 Å². The number of hydrogen-bond acceptors (Lipinski definition) is 3. The van der Waals surface area contributed by atoms with E-state index in [1.807, 2.05) is 0 Å². The number of furan rings is 1. The highest BCUT2D eigenvalue weighted by molar-refractivity contribution is 7.05. The Morgan fingerprint density at radius 2 is 1.30 bits per heavy atom. The van der Waals surface area contributed by atoms with Crippen LogP contribution in [0.25, 0.3) is 44.0 Å². The summed E-state index contributed by atoms with van der Waals surface area (Å²) in [5.41, 5.74) is 18.9. The quantitative estimate of drug-likeness (QED) is 0.162. The highest BCUT2D eigenvalue weighted by Gasteiger charge is 2.53. The molecule has 1 aliphatic carbocycles. The van der Waals surface area contributed by atoms with Crippen molar-refractivity contribution in [3.8, 4) is 22.3 Å². The van der Waals surface area contributed by atoms with Crippen LogP contribution in [0.2, 0.25) is 13.1 Å². The molecule has 0 bridgehead atoms. The van der Waals surface area contributed by atoms with Gasteiger partial charge < -0.3 is 14.1 Å². The van der Waals surface area contributed by atoms with Gasteiger partial charge in [0.1, 0.15) is 19.3 Å². The van der Waals surface area contributed by atoms with Gasteiger partial charge in [-0.15, -0.1) is 0 Å². The predicted octanol–water partition coefficient (Wildman–Crippen LogP) is 12.7. The summed E-state index contributed by atoms with van der Waals surface area (Å²) in [5, 5.41) is 6.71. The Morgan fingerprint density at radius 1 is 0.607 bits per heavy atom. The molecule has 0 saturated carbocycles. The van der Waals surface area contributed by atoms with Gasteiger partial charge in [-0.25, -0.2) is 0 Å². The van der Waals surface area contributed by atoms with Crippen molar-refractivity contribution in [3.05, 3.63) is 150 Å². The molecular formula is C56H53BN2OSi. The van der Waals surface area contributed by atoms with Gasteiger partial charge >= 0.3 is 6.85 Å². The molecule has 1 aromatic heterocycles. The second-order valence-electron chi connectivity index (χ2n) is 21.2. The second-order valence-corrected chi connectivity index (χ2v) is 25.5. The molecule has 3 nitrogen and oxygen atoms in total. The van der Waals surface area contributed by atoms with Crippen molar-refractivity contribution in [2.75, 3.05) is 9.71 Å². The van der Waals surface area contributed by atoms with E-state index in [4.69, 9.17) is 4.42 Å². The van der Waals surface area contributed by atoms with Crippen LogP contribution in [-0.2, 0) is 16.2 Å². The fourth-order valence-electron chi connectivity index (χ4n) is 11.7. The van der Waals surface area contributed by atoms with E-state index in [1.54, 1.807) is 0 Å². The molecule has 7 aromatic carbocycles. The van der Waals surface area contributed by atoms with Gasteiger partial charge in [-0.2, -0.15) is 0 Å². The third-order valence-electron chi connectivity index (χ3n) is 15.2. The maximum atomic E-state index is 7.66. The van der Waals surface area contributed by atoms with Crippen molar-refractivity contribution < 1.29 is 4.42 Å². The molecule has 0 radical (unpaired) electrons. The number of hydrogen-bond donors (Lipinski definition) is 0. The Kier molecular flexibility index (Phi) is 7.40. The Hall–Kier alpha value is -5.78. The highest BCUT2D eigenvalue weighted by Crippen LogP contribution is 2.55. The maximum absolute atomic E-state index is 7.66. The minimum Gasteiger partial charge on any atom is -0.466 e. The molecule has 5 heteroatoms. The van der Waals surface area contributed by atoms with Crippen molar-refractivity contribution in [1.82, 2.24) is 0 Å². The van der Waals surface area contributed by atoms with Gasteiger partial charge in [0.2, 0.25) is 0 Å². The van der Waals surface area contributed by atoms with E-state index in [1.165, 1.54) is 93.7 Å². The summed E-state index contributed by atoms with van der Waals surface area (Å²) in [6.45, 7) is 21.6. The summed E-state index contributed by atoms with van der Waals surface area (Å²) >= 11 is 0. The molecule has 0 N–H and O–H groups in total. The zero-order chi connectivity index (χ0) is 42.0. The van der Waals surface area contributed by atoms with Crippen LogP contribution in [0.15, 0.2) is 138 Å². The molecule has 12 rings (SSSR count). The molecule has 8 aromatic rings. The van der Waals surface area contributed by atoms with Crippen LogP contribution in [0, 0.1) is 0 Å².